The van der Waals surface area contributed by atoms with Gasteiger partial charge in [0.05, 0.1) is 21.3 Å². The Hall–Kier alpha value is -2.12. The van der Waals surface area contributed by atoms with Crippen LogP contribution < -0.4 is 16.0 Å². The molecule has 2 aliphatic rings. The highest BCUT2D eigenvalue weighted by Gasteiger charge is 2.30. The molecule has 1 unspecified atom stereocenters. The van der Waals surface area contributed by atoms with E-state index in [1.54, 1.807) is 6.20 Å². The van der Waals surface area contributed by atoms with Gasteiger partial charge in [-0.15, -0.1) is 11.3 Å². The minimum Gasteiger partial charge on any atom is -0.379 e. The Labute approximate surface area is 198 Å². The van der Waals surface area contributed by atoms with Crippen molar-refractivity contribution >= 4 is 40.4 Å². The molecule has 2 saturated carbocycles. The van der Waals surface area contributed by atoms with E-state index < -0.39 is 6.04 Å². The van der Waals surface area contributed by atoms with Crippen LogP contribution in [0.3, 0.4) is 0 Å². The lowest BCUT2D eigenvalue weighted by Crippen LogP contribution is -2.51. The standard InChI is InChI=1S/C24H31ClN4O2S/c1-15-20(12-17(25)13-26-15)27-14-19-9-10-22(32-19)24(31)29-21(11-16-5-2-3-6-16)23(30)28-18-7-4-8-18/h9-10,12-13,16,18,21,27H,2-8,11,14H2,1H3,(H,28,30)(H,29,31). The van der Waals surface area contributed by atoms with Crippen molar-refractivity contribution in [3.63, 3.8) is 0 Å². The quantitative estimate of drug-likeness (QED) is 0.474. The number of halogens is 1. The average molecular weight is 475 g/mol. The monoisotopic (exact) mass is 474 g/mol. The highest BCUT2D eigenvalue weighted by Crippen LogP contribution is 2.29. The zero-order valence-electron chi connectivity index (χ0n) is 18.5. The number of carbonyl (C=O) groups is 2. The van der Waals surface area contributed by atoms with Gasteiger partial charge < -0.3 is 16.0 Å². The summed E-state index contributed by atoms with van der Waals surface area (Å²) < 4.78 is 0. The number of hydrogen-bond donors (Lipinski definition) is 3. The zero-order chi connectivity index (χ0) is 22.5. The number of aryl methyl sites for hydroxylation is 1. The van der Waals surface area contributed by atoms with E-state index in [4.69, 9.17) is 11.6 Å². The van der Waals surface area contributed by atoms with Crippen LogP contribution in [0.5, 0.6) is 0 Å². The first-order valence-corrected chi connectivity index (χ1v) is 12.7. The lowest BCUT2D eigenvalue weighted by molar-refractivity contribution is -0.124. The van der Waals surface area contributed by atoms with Crippen LogP contribution >= 0.6 is 22.9 Å². The van der Waals surface area contributed by atoms with Crippen molar-refractivity contribution in [3.8, 4) is 0 Å². The van der Waals surface area contributed by atoms with E-state index >= 15 is 0 Å². The van der Waals surface area contributed by atoms with Crippen LogP contribution in [0.4, 0.5) is 5.69 Å². The number of carbonyl (C=O) groups excluding carboxylic acids is 2. The molecule has 0 aliphatic heterocycles. The molecule has 2 fully saturated rings. The predicted octanol–water partition coefficient (Wildman–Crippen LogP) is 5.06. The van der Waals surface area contributed by atoms with E-state index in [2.05, 4.69) is 20.9 Å². The van der Waals surface area contributed by atoms with Crippen LogP contribution in [0.2, 0.25) is 5.02 Å². The van der Waals surface area contributed by atoms with Gasteiger partial charge in [0.2, 0.25) is 5.91 Å². The summed E-state index contributed by atoms with van der Waals surface area (Å²) in [5.41, 5.74) is 1.75. The van der Waals surface area contributed by atoms with Crippen molar-refractivity contribution in [2.24, 2.45) is 5.92 Å². The molecule has 8 heteroatoms. The minimum atomic E-state index is -0.463. The van der Waals surface area contributed by atoms with E-state index in [0.29, 0.717) is 22.4 Å². The van der Waals surface area contributed by atoms with Crippen LogP contribution in [0.15, 0.2) is 24.4 Å². The van der Waals surface area contributed by atoms with E-state index in [1.807, 2.05) is 25.1 Å². The van der Waals surface area contributed by atoms with E-state index in [1.165, 1.54) is 30.6 Å². The maximum absolute atomic E-state index is 13.0. The smallest absolute Gasteiger partial charge is 0.262 e. The second kappa shape index (κ2) is 10.7. The van der Waals surface area contributed by atoms with Crippen LogP contribution in [-0.4, -0.2) is 28.9 Å². The first kappa shape index (κ1) is 23.1. The largest absolute Gasteiger partial charge is 0.379 e. The highest BCUT2D eigenvalue weighted by atomic mass is 35.5. The first-order valence-electron chi connectivity index (χ1n) is 11.5. The molecule has 0 spiro atoms. The number of nitrogens with one attached hydrogen (secondary N) is 3. The zero-order valence-corrected chi connectivity index (χ0v) is 20.0. The molecule has 2 amide bonds. The SMILES string of the molecule is Cc1ncc(Cl)cc1NCc1ccc(C(=O)NC(CC2CCCC2)C(=O)NC2CCC2)s1. The molecule has 0 aromatic carbocycles. The molecule has 4 rings (SSSR count). The van der Waals surface area contributed by atoms with Gasteiger partial charge in [-0.1, -0.05) is 37.3 Å². The van der Waals surface area contributed by atoms with Gasteiger partial charge >= 0.3 is 0 Å². The highest BCUT2D eigenvalue weighted by molar-refractivity contribution is 7.14. The second-order valence-corrected chi connectivity index (χ2v) is 10.6. The number of thiophene rings is 1. The number of pyridine rings is 1. The fraction of sp³-hybridized carbons (Fsp3) is 0.542. The maximum Gasteiger partial charge on any atom is 0.262 e. The first-order chi connectivity index (χ1) is 15.5. The van der Waals surface area contributed by atoms with Crippen molar-refractivity contribution in [2.45, 2.75) is 76.9 Å². The molecule has 0 radical (unpaired) electrons. The van der Waals surface area contributed by atoms with Gasteiger partial charge in [0.25, 0.3) is 5.91 Å². The molecule has 32 heavy (non-hydrogen) atoms. The van der Waals surface area contributed by atoms with Crippen molar-refractivity contribution in [1.82, 2.24) is 15.6 Å². The molecule has 2 heterocycles. The van der Waals surface area contributed by atoms with Gasteiger partial charge in [0.15, 0.2) is 0 Å². The number of amides is 2. The Balaban J connectivity index is 1.36. The Morgan fingerprint density at radius 3 is 2.69 bits per heavy atom. The molecule has 2 aliphatic carbocycles. The fourth-order valence-electron chi connectivity index (χ4n) is 4.36. The molecule has 172 valence electrons. The van der Waals surface area contributed by atoms with Crippen molar-refractivity contribution in [2.75, 3.05) is 5.32 Å². The Bertz CT molecular complexity index is 953. The Morgan fingerprint density at radius 1 is 1.19 bits per heavy atom. The van der Waals surface area contributed by atoms with E-state index in [-0.39, 0.29) is 17.9 Å². The van der Waals surface area contributed by atoms with Gasteiger partial charge in [-0.3, -0.25) is 14.6 Å². The van der Waals surface area contributed by atoms with E-state index in [9.17, 15) is 9.59 Å². The number of rotatable bonds is 9. The molecule has 1 atom stereocenters. The molecular weight excluding hydrogens is 444 g/mol. The van der Waals surface area contributed by atoms with Crippen LogP contribution in [0, 0.1) is 12.8 Å². The molecule has 0 saturated heterocycles. The number of aromatic nitrogens is 1. The normalized spacial score (nSPS) is 17.6. The molecule has 0 bridgehead atoms. The third-order valence-corrected chi connectivity index (χ3v) is 7.80. The van der Waals surface area contributed by atoms with Crippen molar-refractivity contribution in [1.29, 1.82) is 0 Å². The van der Waals surface area contributed by atoms with E-state index in [0.717, 1.165) is 48.4 Å². The Morgan fingerprint density at radius 2 is 1.97 bits per heavy atom. The average Bonchev–Trinajstić information content (AvgIpc) is 3.43. The third kappa shape index (κ3) is 6.01. The summed E-state index contributed by atoms with van der Waals surface area (Å²) in [5.74, 6) is 0.316. The molecule has 2 aromatic heterocycles. The summed E-state index contributed by atoms with van der Waals surface area (Å²) in [4.78, 5) is 31.7. The van der Waals surface area contributed by atoms with Gasteiger partial charge in [-0.2, -0.15) is 0 Å². The maximum atomic E-state index is 13.0. The van der Waals surface area contributed by atoms with Gasteiger partial charge in [0.1, 0.15) is 6.04 Å². The van der Waals surface area contributed by atoms with Crippen molar-refractivity contribution < 1.29 is 9.59 Å². The molecule has 3 N–H and O–H groups in total. The molecular formula is C24H31ClN4O2S. The third-order valence-electron chi connectivity index (χ3n) is 6.51. The summed E-state index contributed by atoms with van der Waals surface area (Å²) in [5, 5.41) is 10.1. The summed E-state index contributed by atoms with van der Waals surface area (Å²) in [7, 11) is 0. The van der Waals surface area contributed by atoms with Crippen LogP contribution in [-0.2, 0) is 11.3 Å². The van der Waals surface area contributed by atoms with Gasteiger partial charge in [-0.05, 0) is 56.7 Å². The number of nitrogens with zero attached hydrogens (tertiary/aromatic N) is 1. The predicted molar refractivity (Wildman–Crippen MR) is 129 cm³/mol. The number of anilines is 1. The topological polar surface area (TPSA) is 83.1 Å². The summed E-state index contributed by atoms with van der Waals surface area (Å²) in [6.07, 6.45) is 10.3. The lowest BCUT2D eigenvalue weighted by atomic mass is 9.92. The lowest BCUT2D eigenvalue weighted by Gasteiger charge is -2.29. The Kier molecular flexibility index (Phi) is 7.68. The molecule has 6 nitrogen and oxygen atoms in total. The van der Waals surface area contributed by atoms with Gasteiger partial charge in [-0.25, -0.2) is 0 Å². The summed E-state index contributed by atoms with van der Waals surface area (Å²) >= 11 is 7.47. The summed E-state index contributed by atoms with van der Waals surface area (Å²) in [6.45, 7) is 2.50. The molecule has 2 aromatic rings. The summed E-state index contributed by atoms with van der Waals surface area (Å²) in [6, 6.07) is 5.43. The minimum absolute atomic E-state index is 0.0303. The van der Waals surface area contributed by atoms with Crippen LogP contribution in [0.1, 0.15) is 71.6 Å². The second-order valence-electron chi connectivity index (χ2n) is 8.95. The fourth-order valence-corrected chi connectivity index (χ4v) is 5.37. The van der Waals surface area contributed by atoms with Crippen molar-refractivity contribution in [3.05, 3.63) is 44.9 Å². The van der Waals surface area contributed by atoms with Crippen LogP contribution in [0.25, 0.3) is 0 Å². The number of hydrogen-bond acceptors (Lipinski definition) is 5. The van der Waals surface area contributed by atoms with Gasteiger partial charge in [0, 0.05) is 23.7 Å².